The number of pyridine rings is 1. The van der Waals surface area contributed by atoms with Gasteiger partial charge in [-0.2, -0.15) is 9.97 Å². The minimum atomic E-state index is 0.315. The smallest absolute Gasteiger partial charge is 0.230 e. The quantitative estimate of drug-likeness (QED) is 0.736. The van der Waals surface area contributed by atoms with Crippen molar-refractivity contribution >= 4 is 17.5 Å². The Bertz CT molecular complexity index is 823. The van der Waals surface area contributed by atoms with Gasteiger partial charge in [-0.15, -0.1) is 0 Å². The summed E-state index contributed by atoms with van der Waals surface area (Å²) >= 11 is 0. The second-order valence-electron chi connectivity index (χ2n) is 7.62. The third-order valence-electron chi connectivity index (χ3n) is 5.73. The number of fused-ring (bicyclic) bond motifs is 1. The first-order valence-electron chi connectivity index (χ1n) is 10.5. The molecule has 1 atom stereocenters. The molecular weight excluding hydrogens is 370 g/mol. The number of aromatic nitrogens is 3. The standard InChI is InChI=1S/C21H27N5O3/c1-3-16(15-22-7-1)26-8-5-18-19(26)23-21(25-9-13-27-14-10-25)24-20(18)29-12-6-17-4-2-11-28-17/h1,3,7,15,17H,2,4-6,8-14H2. The van der Waals surface area contributed by atoms with Crippen LogP contribution < -0.4 is 14.5 Å². The highest BCUT2D eigenvalue weighted by molar-refractivity contribution is 5.69. The maximum absolute atomic E-state index is 6.20. The van der Waals surface area contributed by atoms with Gasteiger partial charge in [0.05, 0.1) is 43.4 Å². The van der Waals surface area contributed by atoms with Crippen molar-refractivity contribution in [2.75, 3.05) is 55.9 Å². The van der Waals surface area contributed by atoms with Gasteiger partial charge in [0.15, 0.2) is 0 Å². The van der Waals surface area contributed by atoms with Crippen LogP contribution in [0.5, 0.6) is 5.88 Å². The van der Waals surface area contributed by atoms with Crippen molar-refractivity contribution in [3.05, 3.63) is 30.1 Å². The van der Waals surface area contributed by atoms with Crippen LogP contribution in [-0.4, -0.2) is 67.1 Å². The maximum atomic E-state index is 6.20. The molecule has 29 heavy (non-hydrogen) atoms. The lowest BCUT2D eigenvalue weighted by atomic mass is 10.2. The van der Waals surface area contributed by atoms with Crippen molar-refractivity contribution in [3.63, 3.8) is 0 Å². The second-order valence-corrected chi connectivity index (χ2v) is 7.62. The molecule has 5 heterocycles. The number of hydrogen-bond donors (Lipinski definition) is 0. The van der Waals surface area contributed by atoms with E-state index in [1.54, 1.807) is 6.20 Å². The molecular formula is C21H27N5O3. The molecule has 8 heteroatoms. The predicted molar refractivity (Wildman–Crippen MR) is 109 cm³/mol. The van der Waals surface area contributed by atoms with Gasteiger partial charge in [0.2, 0.25) is 11.8 Å². The fourth-order valence-corrected chi connectivity index (χ4v) is 4.16. The normalized spacial score (nSPS) is 21.4. The highest BCUT2D eigenvalue weighted by atomic mass is 16.5. The van der Waals surface area contributed by atoms with Gasteiger partial charge in [-0.1, -0.05) is 0 Å². The number of hydrogen-bond acceptors (Lipinski definition) is 8. The van der Waals surface area contributed by atoms with E-state index >= 15 is 0 Å². The van der Waals surface area contributed by atoms with E-state index in [-0.39, 0.29) is 0 Å². The Morgan fingerprint density at radius 1 is 1.14 bits per heavy atom. The van der Waals surface area contributed by atoms with Crippen LogP contribution in [0.4, 0.5) is 17.5 Å². The van der Waals surface area contributed by atoms with Gasteiger partial charge in [0, 0.05) is 38.9 Å². The third kappa shape index (κ3) is 4.00. The molecule has 0 N–H and O–H groups in total. The average molecular weight is 397 g/mol. The van der Waals surface area contributed by atoms with E-state index < -0.39 is 0 Å². The molecule has 0 aromatic carbocycles. The van der Waals surface area contributed by atoms with Crippen LogP contribution >= 0.6 is 0 Å². The molecule has 0 amide bonds. The molecule has 2 fully saturated rings. The molecule has 154 valence electrons. The summed E-state index contributed by atoms with van der Waals surface area (Å²) in [7, 11) is 0. The number of morpholine rings is 1. The zero-order chi connectivity index (χ0) is 19.5. The van der Waals surface area contributed by atoms with Crippen molar-refractivity contribution < 1.29 is 14.2 Å². The number of rotatable bonds is 6. The molecule has 2 saturated heterocycles. The summed E-state index contributed by atoms with van der Waals surface area (Å²) in [6.45, 7) is 5.31. The highest BCUT2D eigenvalue weighted by Crippen LogP contribution is 2.38. The fourth-order valence-electron chi connectivity index (χ4n) is 4.16. The number of anilines is 3. The van der Waals surface area contributed by atoms with Crippen LogP contribution in [0.15, 0.2) is 24.5 Å². The molecule has 0 radical (unpaired) electrons. The largest absolute Gasteiger partial charge is 0.477 e. The van der Waals surface area contributed by atoms with Crippen molar-refractivity contribution in [1.82, 2.24) is 15.0 Å². The van der Waals surface area contributed by atoms with Gasteiger partial charge in [-0.05, 0) is 31.4 Å². The van der Waals surface area contributed by atoms with Gasteiger partial charge >= 0.3 is 0 Å². The molecule has 5 rings (SSSR count). The molecule has 0 spiro atoms. The van der Waals surface area contributed by atoms with Gasteiger partial charge < -0.3 is 24.0 Å². The van der Waals surface area contributed by atoms with E-state index in [2.05, 4.69) is 20.9 Å². The SMILES string of the molecule is c1cncc(N2CCc3c(OCCC4CCCO4)nc(N4CCOCC4)nc32)c1. The Morgan fingerprint density at radius 3 is 2.86 bits per heavy atom. The number of nitrogens with zero attached hydrogens (tertiary/aromatic N) is 5. The fraction of sp³-hybridized carbons (Fsp3) is 0.571. The number of ether oxygens (including phenoxy) is 3. The van der Waals surface area contributed by atoms with Gasteiger partial charge in [-0.3, -0.25) is 4.98 Å². The molecule has 0 saturated carbocycles. The summed E-state index contributed by atoms with van der Waals surface area (Å²) in [4.78, 5) is 18.4. The molecule has 3 aliphatic rings. The zero-order valence-corrected chi connectivity index (χ0v) is 16.6. The van der Waals surface area contributed by atoms with E-state index in [1.165, 1.54) is 0 Å². The Morgan fingerprint density at radius 2 is 2.07 bits per heavy atom. The molecule has 8 nitrogen and oxygen atoms in total. The van der Waals surface area contributed by atoms with Crippen molar-refractivity contribution in [3.8, 4) is 5.88 Å². The van der Waals surface area contributed by atoms with E-state index in [0.717, 1.165) is 74.9 Å². The lowest BCUT2D eigenvalue weighted by molar-refractivity contribution is 0.0895. The van der Waals surface area contributed by atoms with Crippen molar-refractivity contribution in [2.45, 2.75) is 31.8 Å². The lowest BCUT2D eigenvalue weighted by Gasteiger charge is -2.28. The van der Waals surface area contributed by atoms with E-state index in [1.807, 2.05) is 12.3 Å². The minimum absolute atomic E-state index is 0.315. The summed E-state index contributed by atoms with van der Waals surface area (Å²) in [6.07, 6.45) is 8.02. The maximum Gasteiger partial charge on any atom is 0.230 e. The van der Waals surface area contributed by atoms with Crippen molar-refractivity contribution in [1.29, 1.82) is 0 Å². The summed E-state index contributed by atoms with van der Waals surface area (Å²) in [6, 6.07) is 4.02. The lowest BCUT2D eigenvalue weighted by Crippen LogP contribution is -2.37. The van der Waals surface area contributed by atoms with E-state index in [4.69, 9.17) is 24.2 Å². The van der Waals surface area contributed by atoms with Crippen LogP contribution in [0.25, 0.3) is 0 Å². The topological polar surface area (TPSA) is 72.8 Å². The molecule has 0 bridgehead atoms. The van der Waals surface area contributed by atoms with Gasteiger partial charge in [0.25, 0.3) is 0 Å². The van der Waals surface area contributed by atoms with E-state index in [9.17, 15) is 0 Å². The Kier molecular flexibility index (Phi) is 5.45. The monoisotopic (exact) mass is 397 g/mol. The van der Waals surface area contributed by atoms with Gasteiger partial charge in [0.1, 0.15) is 5.82 Å². The predicted octanol–water partition coefficient (Wildman–Crippen LogP) is 2.35. The first-order chi connectivity index (χ1) is 14.4. The van der Waals surface area contributed by atoms with Crippen LogP contribution in [-0.2, 0) is 15.9 Å². The summed E-state index contributed by atoms with van der Waals surface area (Å²) < 4.78 is 17.4. The summed E-state index contributed by atoms with van der Waals surface area (Å²) in [5.41, 5.74) is 2.13. The van der Waals surface area contributed by atoms with E-state index in [0.29, 0.717) is 31.8 Å². The zero-order valence-electron chi connectivity index (χ0n) is 16.6. The highest BCUT2D eigenvalue weighted by Gasteiger charge is 2.29. The van der Waals surface area contributed by atoms with Crippen LogP contribution in [0.2, 0.25) is 0 Å². The van der Waals surface area contributed by atoms with Crippen LogP contribution in [0.3, 0.4) is 0 Å². The molecule has 2 aromatic rings. The third-order valence-corrected chi connectivity index (χ3v) is 5.73. The first kappa shape index (κ1) is 18.6. The van der Waals surface area contributed by atoms with Crippen molar-refractivity contribution in [2.24, 2.45) is 0 Å². The first-order valence-corrected chi connectivity index (χ1v) is 10.5. The van der Waals surface area contributed by atoms with Crippen LogP contribution in [0.1, 0.15) is 24.8 Å². The molecule has 1 unspecified atom stereocenters. The van der Waals surface area contributed by atoms with Crippen LogP contribution in [0, 0.1) is 0 Å². The molecule has 3 aliphatic heterocycles. The second kappa shape index (κ2) is 8.51. The Balaban J connectivity index is 1.42. The average Bonchev–Trinajstić information content (AvgIpc) is 3.45. The summed E-state index contributed by atoms with van der Waals surface area (Å²) in [5.74, 6) is 2.36. The minimum Gasteiger partial charge on any atom is -0.477 e. The van der Waals surface area contributed by atoms with Gasteiger partial charge in [-0.25, -0.2) is 0 Å². The molecule has 2 aromatic heterocycles. The Hall–Kier alpha value is -2.45. The Labute approximate surface area is 170 Å². The summed E-state index contributed by atoms with van der Waals surface area (Å²) in [5, 5.41) is 0. The molecule has 0 aliphatic carbocycles.